The lowest BCUT2D eigenvalue weighted by Gasteiger charge is -2.40. The fourth-order valence-electron chi connectivity index (χ4n) is 4.03. The highest BCUT2D eigenvalue weighted by molar-refractivity contribution is 6.30. The molecule has 0 aliphatic carbocycles. The zero-order chi connectivity index (χ0) is 21.8. The van der Waals surface area contributed by atoms with Crippen LogP contribution >= 0.6 is 11.6 Å². The Bertz CT molecular complexity index is 1040. The average Bonchev–Trinajstić information content (AvgIpc) is 2.79. The number of aromatic nitrogens is 4. The van der Waals surface area contributed by atoms with Crippen LogP contribution in [-0.4, -0.2) is 49.9 Å². The molecule has 0 bridgehead atoms. The molecule has 4 rings (SSSR count). The Morgan fingerprint density at radius 3 is 2.68 bits per heavy atom. The summed E-state index contributed by atoms with van der Waals surface area (Å²) in [6.45, 7) is 5.46. The number of aryl methyl sites for hydroxylation is 1. The molecular weight excluding hydrogens is 412 g/mol. The highest BCUT2D eigenvalue weighted by Gasteiger charge is 2.33. The molecule has 1 fully saturated rings. The van der Waals surface area contributed by atoms with E-state index in [9.17, 15) is 4.79 Å². The lowest BCUT2D eigenvalue weighted by Crippen LogP contribution is -2.51. The number of nitrogens with one attached hydrogen (secondary N) is 1. The van der Waals surface area contributed by atoms with Gasteiger partial charge < -0.3 is 10.2 Å². The van der Waals surface area contributed by atoms with E-state index in [4.69, 9.17) is 11.6 Å². The van der Waals surface area contributed by atoms with Crippen molar-refractivity contribution in [2.45, 2.75) is 32.7 Å². The van der Waals surface area contributed by atoms with Crippen LogP contribution in [-0.2, 0) is 0 Å². The minimum absolute atomic E-state index is 0.00201. The molecule has 1 aliphatic heterocycles. The van der Waals surface area contributed by atoms with Crippen LogP contribution in [0.4, 0.5) is 5.95 Å². The van der Waals surface area contributed by atoms with Crippen molar-refractivity contribution in [3.05, 3.63) is 65.2 Å². The Kier molecular flexibility index (Phi) is 6.42. The van der Waals surface area contributed by atoms with E-state index in [1.807, 2.05) is 30.0 Å². The standard InChI is InChI=1S/C23H25ClN6O/c1-15-6-7-18(19(11-15)21-25-8-4-9-26-21)22(31)30-10-3-5-16(2)20(30)14-29-23-27-12-17(24)13-28-23/h4,6-9,11-13,16,20H,3,5,10,14H2,1-2H3,(H,27,28,29)/t16-,20?/m1/s1. The van der Waals surface area contributed by atoms with Crippen molar-refractivity contribution >= 4 is 23.5 Å². The molecule has 8 heteroatoms. The highest BCUT2D eigenvalue weighted by Crippen LogP contribution is 2.29. The van der Waals surface area contributed by atoms with E-state index in [0.717, 1.165) is 24.0 Å². The molecule has 1 unspecified atom stereocenters. The Balaban J connectivity index is 1.61. The minimum atomic E-state index is -0.00201. The fourth-order valence-corrected chi connectivity index (χ4v) is 4.13. The second-order valence-electron chi connectivity index (χ2n) is 7.91. The van der Waals surface area contributed by atoms with E-state index < -0.39 is 0 Å². The van der Waals surface area contributed by atoms with E-state index in [1.165, 1.54) is 0 Å². The number of piperidine rings is 1. The first-order valence-electron chi connectivity index (χ1n) is 10.4. The molecule has 0 radical (unpaired) electrons. The number of halogens is 1. The highest BCUT2D eigenvalue weighted by atomic mass is 35.5. The largest absolute Gasteiger partial charge is 0.352 e. The van der Waals surface area contributed by atoms with Gasteiger partial charge in [-0.25, -0.2) is 19.9 Å². The molecule has 31 heavy (non-hydrogen) atoms. The maximum atomic E-state index is 13.7. The number of hydrogen-bond acceptors (Lipinski definition) is 6. The van der Waals surface area contributed by atoms with E-state index in [-0.39, 0.29) is 11.9 Å². The van der Waals surface area contributed by atoms with Crippen LogP contribution in [0.25, 0.3) is 11.4 Å². The van der Waals surface area contributed by atoms with Crippen molar-refractivity contribution in [1.82, 2.24) is 24.8 Å². The van der Waals surface area contributed by atoms with Crippen molar-refractivity contribution in [3.8, 4) is 11.4 Å². The summed E-state index contributed by atoms with van der Waals surface area (Å²) >= 11 is 5.88. The van der Waals surface area contributed by atoms with E-state index in [1.54, 1.807) is 30.9 Å². The predicted octanol–water partition coefficient (Wildman–Crippen LogP) is 4.25. The van der Waals surface area contributed by atoms with Crippen molar-refractivity contribution in [3.63, 3.8) is 0 Å². The smallest absolute Gasteiger partial charge is 0.254 e. The number of rotatable bonds is 5. The topological polar surface area (TPSA) is 83.9 Å². The first-order valence-corrected chi connectivity index (χ1v) is 10.8. The maximum absolute atomic E-state index is 13.7. The van der Waals surface area contributed by atoms with Crippen molar-refractivity contribution in [1.29, 1.82) is 0 Å². The molecular formula is C23H25ClN6O. The van der Waals surface area contributed by atoms with Crippen molar-refractivity contribution in [2.75, 3.05) is 18.4 Å². The Hall–Kier alpha value is -3.06. The van der Waals surface area contributed by atoms with Crippen LogP contribution < -0.4 is 5.32 Å². The van der Waals surface area contributed by atoms with Crippen LogP contribution in [0.15, 0.2) is 49.1 Å². The summed E-state index contributed by atoms with van der Waals surface area (Å²) in [5.41, 5.74) is 2.44. The molecule has 1 N–H and O–H groups in total. The molecule has 0 spiro atoms. The number of benzene rings is 1. The van der Waals surface area contributed by atoms with Crippen LogP contribution in [0, 0.1) is 12.8 Å². The number of likely N-dealkylation sites (tertiary alicyclic amines) is 1. The quantitative estimate of drug-likeness (QED) is 0.643. The third kappa shape index (κ3) is 4.82. The monoisotopic (exact) mass is 436 g/mol. The molecule has 160 valence electrons. The van der Waals surface area contributed by atoms with Crippen LogP contribution in [0.2, 0.25) is 5.02 Å². The Morgan fingerprint density at radius 1 is 1.19 bits per heavy atom. The van der Waals surface area contributed by atoms with Crippen LogP contribution in [0.1, 0.15) is 35.7 Å². The zero-order valence-electron chi connectivity index (χ0n) is 17.6. The van der Waals surface area contributed by atoms with Gasteiger partial charge in [-0.15, -0.1) is 0 Å². The summed E-state index contributed by atoms with van der Waals surface area (Å²) in [5.74, 6) is 1.41. The molecule has 2 atom stereocenters. The van der Waals surface area contributed by atoms with E-state index in [2.05, 4.69) is 32.2 Å². The van der Waals surface area contributed by atoms with Gasteiger partial charge in [0, 0.05) is 31.0 Å². The summed E-state index contributed by atoms with van der Waals surface area (Å²) in [7, 11) is 0. The lowest BCUT2D eigenvalue weighted by molar-refractivity contribution is 0.0540. The van der Waals surface area contributed by atoms with Crippen LogP contribution in [0.5, 0.6) is 0 Å². The molecule has 1 saturated heterocycles. The number of amides is 1. The molecule has 1 amide bonds. The van der Waals surface area contributed by atoms with Gasteiger partial charge in [-0.2, -0.15) is 0 Å². The number of hydrogen-bond donors (Lipinski definition) is 1. The van der Waals surface area contributed by atoms with Gasteiger partial charge in [0.25, 0.3) is 5.91 Å². The summed E-state index contributed by atoms with van der Waals surface area (Å²) in [6.07, 6.45) is 8.55. The van der Waals surface area contributed by atoms with Gasteiger partial charge in [-0.1, -0.05) is 30.2 Å². The third-order valence-electron chi connectivity index (χ3n) is 5.68. The molecule has 3 heterocycles. The van der Waals surface area contributed by atoms with Gasteiger partial charge in [-0.05, 0) is 43.9 Å². The number of anilines is 1. The van der Waals surface area contributed by atoms with Crippen molar-refractivity contribution < 1.29 is 4.79 Å². The molecule has 3 aromatic rings. The molecule has 2 aromatic heterocycles. The van der Waals surface area contributed by atoms with Gasteiger partial charge in [-0.3, -0.25) is 4.79 Å². The third-order valence-corrected chi connectivity index (χ3v) is 5.87. The summed E-state index contributed by atoms with van der Waals surface area (Å²) in [5, 5.41) is 3.75. The molecule has 0 saturated carbocycles. The number of carbonyl (C=O) groups is 1. The first-order chi connectivity index (χ1) is 15.0. The number of carbonyl (C=O) groups excluding carboxylic acids is 1. The Morgan fingerprint density at radius 2 is 1.94 bits per heavy atom. The number of nitrogens with zero attached hydrogens (tertiary/aromatic N) is 5. The minimum Gasteiger partial charge on any atom is -0.352 e. The fraction of sp³-hybridized carbons (Fsp3) is 0.348. The Labute approximate surface area is 186 Å². The summed E-state index contributed by atoms with van der Waals surface area (Å²) in [4.78, 5) is 32.8. The van der Waals surface area contributed by atoms with E-state index in [0.29, 0.717) is 41.4 Å². The van der Waals surface area contributed by atoms with Crippen LogP contribution in [0.3, 0.4) is 0 Å². The second kappa shape index (κ2) is 9.39. The van der Waals surface area contributed by atoms with Gasteiger partial charge in [0.2, 0.25) is 5.95 Å². The van der Waals surface area contributed by atoms with Gasteiger partial charge in [0.1, 0.15) is 0 Å². The van der Waals surface area contributed by atoms with Gasteiger partial charge >= 0.3 is 0 Å². The molecule has 7 nitrogen and oxygen atoms in total. The van der Waals surface area contributed by atoms with Gasteiger partial charge in [0.05, 0.1) is 29.0 Å². The first kappa shape index (κ1) is 21.2. The van der Waals surface area contributed by atoms with Crippen molar-refractivity contribution in [2.24, 2.45) is 5.92 Å². The molecule has 1 aromatic carbocycles. The normalized spacial score (nSPS) is 18.6. The average molecular weight is 437 g/mol. The summed E-state index contributed by atoms with van der Waals surface area (Å²) < 4.78 is 0. The zero-order valence-corrected chi connectivity index (χ0v) is 18.4. The second-order valence-corrected chi connectivity index (χ2v) is 8.35. The van der Waals surface area contributed by atoms with Gasteiger partial charge in [0.15, 0.2) is 5.82 Å². The lowest BCUT2D eigenvalue weighted by atomic mass is 9.89. The maximum Gasteiger partial charge on any atom is 0.254 e. The predicted molar refractivity (Wildman–Crippen MR) is 121 cm³/mol. The summed E-state index contributed by atoms with van der Waals surface area (Å²) in [6, 6.07) is 7.61. The molecule has 1 aliphatic rings. The SMILES string of the molecule is Cc1ccc(C(=O)N2CCC[C@@H](C)C2CNc2ncc(Cl)cn2)c(-c2ncccn2)c1. The van der Waals surface area contributed by atoms with E-state index >= 15 is 0 Å².